The molecule has 0 saturated carbocycles. The van der Waals surface area contributed by atoms with Gasteiger partial charge in [0.15, 0.2) is 0 Å². The monoisotopic (exact) mass is 699 g/mol. The van der Waals surface area contributed by atoms with Crippen LogP contribution in [0, 0.1) is 15.2 Å². The van der Waals surface area contributed by atoms with Gasteiger partial charge in [-0.15, -0.1) is 0 Å². The second kappa shape index (κ2) is 37.5. The molecule has 0 spiro atoms. The Balaban J connectivity index is -0.000000148. The first-order valence-electron chi connectivity index (χ1n) is 16.1. The third-order valence-corrected chi connectivity index (χ3v) is 6.47. The third kappa shape index (κ3) is 33.6. The Morgan fingerprint density at radius 3 is 1.35 bits per heavy atom. The van der Waals surface area contributed by atoms with Gasteiger partial charge in [-0.3, -0.25) is 9.59 Å². The van der Waals surface area contributed by atoms with Gasteiger partial charge in [0.2, 0.25) is 0 Å². The Morgan fingerprint density at radius 2 is 1.00 bits per heavy atom. The van der Waals surface area contributed by atoms with Gasteiger partial charge in [0, 0.05) is 19.6 Å². The number of rotatable bonds is 21. The van der Waals surface area contributed by atoms with E-state index in [0.717, 1.165) is 38.5 Å². The second-order valence-corrected chi connectivity index (χ2v) is 11.6. The predicted octanol–water partition coefficient (Wildman–Crippen LogP) is 6.43. The van der Waals surface area contributed by atoms with E-state index in [1.54, 1.807) is 43.8 Å². The Hall–Kier alpha value is -2.32. The van der Waals surface area contributed by atoms with Crippen LogP contribution in [0.25, 0.3) is 0 Å². The molecule has 13 heteroatoms. The van der Waals surface area contributed by atoms with Crippen molar-refractivity contribution in [1.29, 1.82) is 4.35 Å². The van der Waals surface area contributed by atoms with Gasteiger partial charge in [0.05, 0.1) is 37.3 Å². The fourth-order valence-electron chi connectivity index (χ4n) is 3.67. The van der Waals surface area contributed by atoms with Crippen molar-refractivity contribution in [2.24, 2.45) is 10.8 Å². The van der Waals surface area contributed by atoms with Crippen molar-refractivity contribution in [2.45, 2.75) is 127 Å². The first-order valence-corrected chi connectivity index (χ1v) is 16.7. The van der Waals surface area contributed by atoms with Crippen LogP contribution in [0.1, 0.15) is 127 Å². The molecule has 0 aliphatic rings. The maximum atomic E-state index is 12.4. The molecule has 4 radical (unpaired) electrons. The molecular weight excluding hydrogens is 632 g/mol. The normalized spacial score (nSPS) is 10.9. The summed E-state index contributed by atoms with van der Waals surface area (Å²) in [5.41, 5.74) is -0.692. The molecule has 0 aliphatic carbocycles. The molecule has 0 heterocycles. The van der Waals surface area contributed by atoms with E-state index in [1.807, 2.05) is 13.8 Å². The molecule has 48 heavy (non-hydrogen) atoms. The van der Waals surface area contributed by atoms with Crippen LogP contribution in [0.3, 0.4) is 0 Å². The minimum absolute atomic E-state index is 0. The number of aliphatic hydroxyl groups is 2. The van der Waals surface area contributed by atoms with Gasteiger partial charge in [0.25, 0.3) is 0 Å². The van der Waals surface area contributed by atoms with Crippen LogP contribution in [-0.2, 0) is 38.1 Å². The van der Waals surface area contributed by atoms with Crippen LogP contribution in [-0.4, -0.2) is 98.2 Å². The van der Waals surface area contributed by atoms with Crippen LogP contribution >= 0.6 is 0 Å². The van der Waals surface area contributed by atoms with Gasteiger partial charge >= 0.3 is 44.3 Å². The molecule has 11 nitrogen and oxygen atoms in total. The van der Waals surface area contributed by atoms with Crippen molar-refractivity contribution in [2.75, 3.05) is 39.6 Å². The predicted molar refractivity (Wildman–Crippen MR) is 194 cm³/mol. The number of ether oxygens (including phenoxy) is 4. The van der Waals surface area contributed by atoms with Gasteiger partial charge in [0.1, 0.15) is 13.2 Å². The number of hydrogen-bond acceptors (Lipinski definition) is 11. The Labute approximate surface area is 302 Å². The van der Waals surface area contributed by atoms with E-state index >= 15 is 0 Å². The van der Waals surface area contributed by atoms with E-state index in [-0.39, 0.29) is 54.2 Å². The van der Waals surface area contributed by atoms with E-state index in [9.17, 15) is 19.2 Å². The summed E-state index contributed by atoms with van der Waals surface area (Å²) < 4.78 is 25.5. The standard InChI is InChI=1S/C18H34O5.C10H18O2.C6H10O3.CH4.Al.B.HN/c1-6-8-9-10-12-22-16(21)18(5,7-2)14-17(3,4)15(20)23-13-11-19;1-4-5-6-7-8-12-10(11)9(2)3;1-5(2)6(8)9-4-3-7;;;;/h19H,6-14H2,1-5H3;2,4-8H2,1,3H3;7H,1,3-4H2,2H3;1H4;;;1H. The Bertz CT molecular complexity index is 870. The van der Waals surface area contributed by atoms with E-state index in [4.69, 9.17) is 28.8 Å². The molecule has 0 amide bonds. The number of nitrogens with one attached hydrogen (secondary N) is 1. The van der Waals surface area contributed by atoms with Crippen LogP contribution in [0.15, 0.2) is 24.3 Å². The molecule has 0 fully saturated rings. The summed E-state index contributed by atoms with van der Waals surface area (Å²) in [5.74, 6) is -1.38. The van der Waals surface area contributed by atoms with Crippen molar-refractivity contribution in [3.63, 3.8) is 0 Å². The quantitative estimate of drug-likeness (QED) is 0.0399. The van der Waals surface area contributed by atoms with Crippen molar-refractivity contribution in [1.82, 2.24) is 0 Å². The number of unbranched alkanes of at least 4 members (excludes halogenated alkanes) is 6. The van der Waals surface area contributed by atoms with Gasteiger partial charge in [-0.1, -0.05) is 79.9 Å². The SMILES string of the molecule is C.C=C(C)C(=O)OCCCCCC.C=C(C)C(=O)OCCO.CCCCCCOC(=O)C(C)(CC)CC(C)(C)C(=O)OCCO.[B].[NH]=[Al]. The molecule has 1 atom stereocenters. The molecule has 0 rings (SSSR count). The average molecular weight is 700 g/mol. The molecule has 1 unspecified atom stereocenters. The van der Waals surface area contributed by atoms with Crippen LogP contribution < -0.4 is 0 Å². The van der Waals surface area contributed by atoms with Gasteiger partial charge in [-0.25, -0.2) is 9.59 Å². The summed E-state index contributed by atoms with van der Waals surface area (Å²) in [6.45, 7) is 22.3. The fraction of sp³-hybridized carbons (Fsp3) is 0.771. The first-order chi connectivity index (χ1) is 21.6. The Kier molecular flexibility index (Phi) is 45.2. The Morgan fingerprint density at radius 1 is 0.646 bits per heavy atom. The molecule has 0 aromatic rings. The van der Waals surface area contributed by atoms with E-state index in [1.165, 1.54) is 12.8 Å². The minimum atomic E-state index is -0.804. The second-order valence-electron chi connectivity index (χ2n) is 11.6. The summed E-state index contributed by atoms with van der Waals surface area (Å²) in [7, 11) is 0. The van der Waals surface area contributed by atoms with E-state index < -0.39 is 22.8 Å². The molecule has 0 aromatic heterocycles. The van der Waals surface area contributed by atoms with E-state index in [0.29, 0.717) is 37.2 Å². The van der Waals surface area contributed by atoms with Crippen LogP contribution in [0.4, 0.5) is 0 Å². The van der Waals surface area contributed by atoms with Gasteiger partial charge in [-0.2, -0.15) is 0 Å². The van der Waals surface area contributed by atoms with Gasteiger partial charge in [-0.05, 0) is 60.3 Å². The molecule has 278 valence electrons. The molecule has 0 saturated heterocycles. The van der Waals surface area contributed by atoms with E-state index in [2.05, 4.69) is 31.7 Å². The molecule has 0 bridgehead atoms. The number of hydrogen-bond donors (Lipinski definition) is 3. The molecule has 3 N–H and O–H groups in total. The first kappa shape index (κ1) is 57.9. The molecule has 0 aliphatic heterocycles. The van der Waals surface area contributed by atoms with Gasteiger partial charge < -0.3 is 29.2 Å². The topological polar surface area (TPSA) is 170 Å². The summed E-state index contributed by atoms with van der Waals surface area (Å²) in [6, 6.07) is 0. The van der Waals surface area contributed by atoms with Crippen LogP contribution in [0.5, 0.6) is 0 Å². The third-order valence-electron chi connectivity index (χ3n) is 6.47. The number of carbonyl (C=O) groups excluding carboxylic acids is 4. The molecular formula is C35H67AlBNO10. The summed E-state index contributed by atoms with van der Waals surface area (Å²) in [6.07, 6.45) is 9.70. The van der Waals surface area contributed by atoms with Crippen molar-refractivity contribution >= 4 is 48.4 Å². The number of carbonyl (C=O) groups is 4. The molecule has 0 aromatic carbocycles. The number of aliphatic hydroxyl groups excluding tert-OH is 2. The summed E-state index contributed by atoms with van der Waals surface area (Å²) in [5, 5.41) is 16.9. The summed E-state index contributed by atoms with van der Waals surface area (Å²) >= 11 is 1.67. The number of esters is 4. The fourth-order valence-corrected chi connectivity index (χ4v) is 3.67. The summed E-state index contributed by atoms with van der Waals surface area (Å²) in [4.78, 5) is 45.8. The maximum absolute atomic E-state index is 12.4. The van der Waals surface area contributed by atoms with Crippen molar-refractivity contribution in [3.8, 4) is 0 Å². The zero-order valence-corrected chi connectivity index (χ0v) is 31.7. The van der Waals surface area contributed by atoms with Crippen LogP contribution in [0.2, 0.25) is 0 Å². The zero-order chi connectivity index (χ0) is 36.6. The zero-order valence-electron chi connectivity index (χ0n) is 30.5. The van der Waals surface area contributed by atoms with Crippen molar-refractivity contribution in [3.05, 3.63) is 24.3 Å². The average Bonchev–Trinajstić information content (AvgIpc) is 3.03. The van der Waals surface area contributed by atoms with Crippen molar-refractivity contribution < 1.29 is 48.3 Å².